The largest absolute Gasteiger partial charge is 0.398 e. The Balaban J connectivity index is 2.46. The summed E-state index contributed by atoms with van der Waals surface area (Å²) in [4.78, 5) is 13.8. The number of hydrogen-bond donors (Lipinski definition) is 1. The third-order valence-electron chi connectivity index (χ3n) is 3.08. The Kier molecular flexibility index (Phi) is 6.10. The van der Waals surface area contributed by atoms with Gasteiger partial charge in [-0.3, -0.25) is 4.79 Å². The first-order valence-corrected chi connectivity index (χ1v) is 6.64. The highest BCUT2D eigenvalue weighted by Gasteiger charge is 2.07. The smallest absolute Gasteiger partial charge is 0.250 e. The molecule has 1 aromatic rings. The Labute approximate surface area is 114 Å². The Bertz CT molecular complexity index is 489. The second-order valence-corrected chi connectivity index (χ2v) is 4.77. The van der Waals surface area contributed by atoms with Crippen LogP contribution in [0.4, 0.5) is 5.69 Å². The molecule has 5 nitrogen and oxygen atoms in total. The van der Waals surface area contributed by atoms with Gasteiger partial charge in [0.25, 0.3) is 5.56 Å². The van der Waals surface area contributed by atoms with Gasteiger partial charge in [-0.15, -0.1) is 0 Å². The summed E-state index contributed by atoms with van der Waals surface area (Å²) in [6, 6.07) is 5.35. The fourth-order valence-electron chi connectivity index (χ4n) is 2.00. The summed E-state index contributed by atoms with van der Waals surface area (Å²) in [6.45, 7) is 7.23. The molecule has 1 rings (SSSR count). The van der Waals surface area contributed by atoms with Gasteiger partial charge in [-0.25, -0.2) is 0 Å². The van der Waals surface area contributed by atoms with E-state index in [0.717, 1.165) is 26.1 Å². The molecule has 0 aliphatic carbocycles. The Morgan fingerprint density at radius 2 is 2.26 bits per heavy atom. The van der Waals surface area contributed by atoms with Gasteiger partial charge in [0, 0.05) is 31.0 Å². The zero-order valence-electron chi connectivity index (χ0n) is 11.7. The Morgan fingerprint density at radius 1 is 1.53 bits per heavy atom. The van der Waals surface area contributed by atoms with Crippen LogP contribution in [0.3, 0.4) is 0 Å². The predicted molar refractivity (Wildman–Crippen MR) is 76.6 cm³/mol. The predicted octanol–water partition coefficient (Wildman–Crippen LogP) is 1.30. The maximum atomic E-state index is 11.6. The molecule has 19 heavy (non-hydrogen) atoms. The highest BCUT2D eigenvalue weighted by molar-refractivity contribution is 5.33. The molecule has 0 aliphatic rings. The first kappa shape index (κ1) is 15.3. The quantitative estimate of drug-likeness (QED) is 0.803. The number of anilines is 1. The van der Waals surface area contributed by atoms with Crippen molar-refractivity contribution < 1.29 is 0 Å². The van der Waals surface area contributed by atoms with E-state index >= 15 is 0 Å². The number of nitrogen functional groups attached to an aromatic ring is 1. The van der Waals surface area contributed by atoms with Crippen LogP contribution in [-0.2, 0) is 6.54 Å². The highest BCUT2D eigenvalue weighted by atomic mass is 16.1. The molecule has 0 aliphatic heterocycles. The van der Waals surface area contributed by atoms with Crippen molar-refractivity contribution in [2.24, 2.45) is 5.92 Å². The Morgan fingerprint density at radius 3 is 2.89 bits per heavy atom. The molecule has 0 bridgehead atoms. The lowest BCUT2D eigenvalue weighted by Crippen LogP contribution is -2.30. The molecule has 1 atom stereocenters. The number of aromatic nitrogens is 1. The first-order chi connectivity index (χ1) is 9.06. The van der Waals surface area contributed by atoms with Crippen LogP contribution in [0.1, 0.15) is 20.3 Å². The van der Waals surface area contributed by atoms with Gasteiger partial charge < -0.3 is 15.2 Å². The van der Waals surface area contributed by atoms with E-state index in [9.17, 15) is 4.79 Å². The summed E-state index contributed by atoms with van der Waals surface area (Å²) in [5, 5.41) is 8.81. The van der Waals surface area contributed by atoms with Gasteiger partial charge >= 0.3 is 0 Å². The molecule has 5 heteroatoms. The van der Waals surface area contributed by atoms with Crippen molar-refractivity contribution in [3.05, 3.63) is 28.7 Å². The van der Waals surface area contributed by atoms with Crippen LogP contribution in [0.15, 0.2) is 23.1 Å². The van der Waals surface area contributed by atoms with E-state index in [1.807, 2.05) is 6.92 Å². The number of rotatable bonds is 7. The number of pyridine rings is 1. The van der Waals surface area contributed by atoms with E-state index in [4.69, 9.17) is 11.0 Å². The normalized spacial score (nSPS) is 12.3. The lowest BCUT2D eigenvalue weighted by molar-refractivity contribution is 0.260. The monoisotopic (exact) mass is 262 g/mol. The number of hydrogen-bond acceptors (Lipinski definition) is 4. The van der Waals surface area contributed by atoms with Crippen molar-refractivity contribution in [1.29, 1.82) is 5.26 Å². The van der Waals surface area contributed by atoms with E-state index in [2.05, 4.69) is 17.9 Å². The molecule has 0 aromatic carbocycles. The summed E-state index contributed by atoms with van der Waals surface area (Å²) in [7, 11) is 0. The van der Waals surface area contributed by atoms with Crippen LogP contribution < -0.4 is 11.3 Å². The van der Waals surface area contributed by atoms with Crippen molar-refractivity contribution in [3.63, 3.8) is 0 Å². The van der Waals surface area contributed by atoms with Crippen LogP contribution in [0, 0.1) is 17.2 Å². The van der Waals surface area contributed by atoms with Gasteiger partial charge in [-0.2, -0.15) is 5.26 Å². The molecule has 1 unspecified atom stereocenters. The van der Waals surface area contributed by atoms with E-state index in [-0.39, 0.29) is 11.5 Å². The maximum Gasteiger partial charge on any atom is 0.250 e. The number of nitriles is 1. The molecular formula is C14H22N4O. The zero-order valence-corrected chi connectivity index (χ0v) is 11.7. The molecule has 1 heterocycles. The van der Waals surface area contributed by atoms with E-state index in [1.54, 1.807) is 16.8 Å². The topological polar surface area (TPSA) is 75.0 Å². The van der Waals surface area contributed by atoms with Gasteiger partial charge in [0.15, 0.2) is 0 Å². The van der Waals surface area contributed by atoms with Gasteiger partial charge in [-0.1, -0.05) is 6.92 Å². The van der Waals surface area contributed by atoms with Crippen LogP contribution in [-0.4, -0.2) is 29.1 Å². The molecule has 1 aromatic heterocycles. The minimum absolute atomic E-state index is 0.0253. The second kappa shape index (κ2) is 7.59. The highest BCUT2D eigenvalue weighted by Crippen LogP contribution is 2.01. The van der Waals surface area contributed by atoms with E-state index in [0.29, 0.717) is 12.2 Å². The van der Waals surface area contributed by atoms with Crippen molar-refractivity contribution >= 4 is 5.69 Å². The molecule has 0 saturated carbocycles. The maximum absolute atomic E-state index is 11.6. The Hall–Kier alpha value is -1.80. The average molecular weight is 262 g/mol. The van der Waals surface area contributed by atoms with Crippen molar-refractivity contribution in [2.45, 2.75) is 26.8 Å². The van der Waals surface area contributed by atoms with Crippen LogP contribution in [0.25, 0.3) is 0 Å². The summed E-state index contributed by atoms with van der Waals surface area (Å²) in [5.41, 5.74) is 6.24. The molecule has 104 valence electrons. The minimum atomic E-state index is -0.0253. The number of aryl methyl sites for hydroxylation is 1. The number of nitrogens with zero attached hydrogens (tertiary/aromatic N) is 3. The lowest BCUT2D eigenvalue weighted by atomic mass is 10.2. The fraction of sp³-hybridized carbons (Fsp3) is 0.571. The lowest BCUT2D eigenvalue weighted by Gasteiger charge is -2.21. The summed E-state index contributed by atoms with van der Waals surface area (Å²) < 4.78 is 1.64. The van der Waals surface area contributed by atoms with Gasteiger partial charge in [-0.05, 0) is 32.5 Å². The molecule has 0 saturated heterocycles. The first-order valence-electron chi connectivity index (χ1n) is 6.64. The van der Waals surface area contributed by atoms with Crippen molar-refractivity contribution in [2.75, 3.05) is 25.4 Å². The molecule has 0 amide bonds. The fourth-order valence-corrected chi connectivity index (χ4v) is 2.00. The SMILES string of the molecule is CCN(CCCn1cc(N)ccc1=O)CC(C)C#N. The average Bonchev–Trinajstić information content (AvgIpc) is 2.41. The third-order valence-corrected chi connectivity index (χ3v) is 3.08. The van der Waals surface area contributed by atoms with Crippen LogP contribution in [0.5, 0.6) is 0 Å². The van der Waals surface area contributed by atoms with E-state index < -0.39 is 0 Å². The molecule has 2 N–H and O–H groups in total. The third kappa shape index (κ3) is 5.14. The van der Waals surface area contributed by atoms with Crippen LogP contribution in [0.2, 0.25) is 0 Å². The van der Waals surface area contributed by atoms with Crippen molar-refractivity contribution in [3.8, 4) is 6.07 Å². The molecular weight excluding hydrogens is 240 g/mol. The standard InChI is InChI=1S/C14H22N4O/c1-3-17(10-12(2)9-15)7-4-8-18-11-13(16)5-6-14(18)19/h5-6,11-12H,3-4,7-8,10,16H2,1-2H3. The molecule has 0 spiro atoms. The van der Waals surface area contributed by atoms with Gasteiger partial charge in [0.2, 0.25) is 0 Å². The molecule has 0 fully saturated rings. The van der Waals surface area contributed by atoms with Crippen molar-refractivity contribution in [1.82, 2.24) is 9.47 Å². The summed E-state index contributed by atoms with van der Waals surface area (Å²) in [6.07, 6.45) is 2.55. The van der Waals surface area contributed by atoms with Gasteiger partial charge in [0.05, 0.1) is 12.0 Å². The second-order valence-electron chi connectivity index (χ2n) is 4.77. The zero-order chi connectivity index (χ0) is 14.3. The summed E-state index contributed by atoms with van der Waals surface area (Å²) >= 11 is 0. The molecule has 0 radical (unpaired) electrons. The van der Waals surface area contributed by atoms with Crippen LogP contribution >= 0.6 is 0 Å². The summed E-state index contributed by atoms with van der Waals surface area (Å²) in [5.74, 6) is 0.0371. The van der Waals surface area contributed by atoms with E-state index in [1.165, 1.54) is 6.07 Å². The minimum Gasteiger partial charge on any atom is -0.398 e. The number of nitrogens with two attached hydrogens (primary N) is 1. The van der Waals surface area contributed by atoms with Gasteiger partial charge in [0.1, 0.15) is 0 Å².